The Labute approximate surface area is 180 Å². The van der Waals surface area contributed by atoms with Crippen LogP contribution in [0.15, 0.2) is 29.3 Å². The van der Waals surface area contributed by atoms with Gasteiger partial charge in [-0.2, -0.15) is 0 Å². The molecule has 0 saturated carbocycles. The first-order valence-corrected chi connectivity index (χ1v) is 10.6. The van der Waals surface area contributed by atoms with Crippen molar-refractivity contribution in [1.82, 2.24) is 14.5 Å². The molecule has 0 radical (unpaired) electrons. The van der Waals surface area contributed by atoms with Crippen molar-refractivity contribution >= 4 is 50.7 Å². The van der Waals surface area contributed by atoms with Crippen LogP contribution in [-0.2, 0) is 11.3 Å². The Morgan fingerprint density at radius 1 is 1.30 bits per heavy atom. The molecule has 10 heteroatoms. The number of nitrogens with zero attached hydrogens (tertiary/aromatic N) is 3. The maximum absolute atomic E-state index is 13.2. The van der Waals surface area contributed by atoms with Gasteiger partial charge in [0.1, 0.15) is 17.2 Å². The van der Waals surface area contributed by atoms with Crippen LogP contribution in [0.4, 0.5) is 10.1 Å². The summed E-state index contributed by atoms with van der Waals surface area (Å²) in [7, 11) is 0. The minimum Gasteiger partial charge on any atom is -0.341 e. The van der Waals surface area contributed by atoms with E-state index in [9.17, 15) is 18.8 Å². The van der Waals surface area contributed by atoms with Crippen LogP contribution in [0, 0.1) is 12.7 Å². The van der Waals surface area contributed by atoms with E-state index in [-0.39, 0.29) is 28.7 Å². The van der Waals surface area contributed by atoms with Crippen LogP contribution in [0.5, 0.6) is 0 Å². The summed E-state index contributed by atoms with van der Waals surface area (Å²) in [5.41, 5.74) is 0.382. The zero-order valence-corrected chi connectivity index (χ0v) is 17.6. The Bertz CT molecular complexity index is 1220. The van der Waals surface area contributed by atoms with E-state index >= 15 is 0 Å². The Kier molecular flexibility index (Phi) is 5.57. The number of hydrogen-bond acceptors (Lipinski definition) is 5. The highest BCUT2D eigenvalue weighted by Crippen LogP contribution is 2.29. The number of carbonyl (C=O) groups is 2. The van der Waals surface area contributed by atoms with Crippen molar-refractivity contribution in [2.75, 3.05) is 18.4 Å². The molecule has 3 aromatic rings. The number of carbonyl (C=O) groups excluding carboxylic acids is 2. The summed E-state index contributed by atoms with van der Waals surface area (Å²) in [6, 6.07) is 3.66. The maximum Gasteiger partial charge on any atom is 0.266 e. The molecule has 1 aliphatic rings. The highest BCUT2D eigenvalue weighted by Gasteiger charge is 2.22. The van der Waals surface area contributed by atoms with E-state index in [2.05, 4.69) is 10.3 Å². The van der Waals surface area contributed by atoms with Gasteiger partial charge in [0.05, 0.1) is 27.3 Å². The molecule has 1 fully saturated rings. The first kappa shape index (κ1) is 20.5. The predicted molar refractivity (Wildman–Crippen MR) is 114 cm³/mol. The van der Waals surface area contributed by atoms with Crippen LogP contribution in [0.1, 0.15) is 28.1 Å². The van der Waals surface area contributed by atoms with E-state index < -0.39 is 11.7 Å². The molecule has 4 rings (SSSR count). The third-order valence-electron chi connectivity index (χ3n) is 5.07. The fourth-order valence-corrected chi connectivity index (χ4v) is 4.72. The number of nitrogens with one attached hydrogen (secondary N) is 1. The second-order valence-electron chi connectivity index (χ2n) is 7.08. The molecular weight excluding hydrogens is 431 g/mol. The first-order valence-electron chi connectivity index (χ1n) is 9.38. The number of anilines is 1. The third-order valence-corrected chi connectivity index (χ3v) is 6.58. The average molecular weight is 449 g/mol. The number of halogens is 2. The van der Waals surface area contributed by atoms with Crippen molar-refractivity contribution in [3.05, 3.63) is 56.2 Å². The molecule has 7 nitrogen and oxygen atoms in total. The molecule has 1 aromatic carbocycles. The van der Waals surface area contributed by atoms with Crippen LogP contribution >= 0.6 is 22.9 Å². The summed E-state index contributed by atoms with van der Waals surface area (Å²) >= 11 is 7.05. The smallest absolute Gasteiger partial charge is 0.266 e. The molecular formula is C20H18ClFN4O3S. The number of fused-ring (bicyclic) bond motifs is 1. The fourth-order valence-electron chi connectivity index (χ4n) is 3.47. The van der Waals surface area contributed by atoms with Gasteiger partial charge >= 0.3 is 0 Å². The Hall–Kier alpha value is -2.78. The number of rotatable bonds is 4. The largest absolute Gasteiger partial charge is 0.341 e. The third kappa shape index (κ3) is 3.82. The van der Waals surface area contributed by atoms with Gasteiger partial charge < -0.3 is 10.2 Å². The van der Waals surface area contributed by atoms with Crippen molar-refractivity contribution in [3.8, 4) is 0 Å². The number of aryl methyl sites for hydroxylation is 1. The standard InChI is InChI=1S/C20H18ClFN4O3S/c1-11-16-19(23-10-26(20(16)29)9-15(27)25-6-2-3-7-25)30-17(11)18(28)24-14-5-4-12(22)8-13(14)21/h4-5,8,10H,2-3,6-7,9H2,1H3,(H,24,28). The lowest BCUT2D eigenvalue weighted by Crippen LogP contribution is -2.34. The van der Waals surface area contributed by atoms with Crippen molar-refractivity contribution in [2.24, 2.45) is 0 Å². The average Bonchev–Trinajstić information content (AvgIpc) is 3.35. The van der Waals surface area contributed by atoms with Crippen molar-refractivity contribution in [2.45, 2.75) is 26.3 Å². The topological polar surface area (TPSA) is 84.3 Å². The van der Waals surface area contributed by atoms with E-state index in [1.165, 1.54) is 23.0 Å². The van der Waals surface area contributed by atoms with E-state index in [1.807, 2.05) is 0 Å². The zero-order valence-electron chi connectivity index (χ0n) is 16.1. The van der Waals surface area contributed by atoms with Gasteiger partial charge in [-0.05, 0) is 43.5 Å². The molecule has 2 aromatic heterocycles. The van der Waals surface area contributed by atoms with Gasteiger partial charge in [0.15, 0.2) is 0 Å². The van der Waals surface area contributed by atoms with E-state index in [1.54, 1.807) is 11.8 Å². The first-order chi connectivity index (χ1) is 14.3. The number of hydrogen-bond donors (Lipinski definition) is 1. The zero-order chi connectivity index (χ0) is 21.4. The summed E-state index contributed by atoms with van der Waals surface area (Å²) in [6.07, 6.45) is 3.28. The number of thiophene rings is 1. The van der Waals surface area contributed by atoms with Crippen LogP contribution in [0.3, 0.4) is 0 Å². The van der Waals surface area contributed by atoms with Gasteiger partial charge in [-0.25, -0.2) is 9.37 Å². The summed E-state index contributed by atoms with van der Waals surface area (Å²) in [5, 5.41) is 3.02. The maximum atomic E-state index is 13.2. The molecule has 0 spiro atoms. The second-order valence-corrected chi connectivity index (χ2v) is 8.49. The number of likely N-dealkylation sites (tertiary alicyclic amines) is 1. The Morgan fingerprint density at radius 2 is 2.03 bits per heavy atom. The van der Waals surface area contributed by atoms with Gasteiger partial charge in [-0.15, -0.1) is 11.3 Å². The predicted octanol–water partition coefficient (Wildman–Crippen LogP) is 3.43. The molecule has 156 valence electrons. The van der Waals surface area contributed by atoms with E-state index in [0.717, 1.165) is 30.2 Å². The summed E-state index contributed by atoms with van der Waals surface area (Å²) in [4.78, 5) is 44.8. The Balaban J connectivity index is 1.63. The van der Waals surface area contributed by atoms with E-state index in [4.69, 9.17) is 11.6 Å². The van der Waals surface area contributed by atoms with Crippen LogP contribution in [0.2, 0.25) is 5.02 Å². The quantitative estimate of drug-likeness (QED) is 0.662. The lowest BCUT2D eigenvalue weighted by Gasteiger charge is -2.15. The number of aromatic nitrogens is 2. The molecule has 0 unspecified atom stereocenters. The van der Waals surface area contributed by atoms with Gasteiger partial charge in [-0.3, -0.25) is 19.0 Å². The normalized spacial score (nSPS) is 13.8. The molecule has 0 aliphatic carbocycles. The molecule has 2 amide bonds. The summed E-state index contributed by atoms with van der Waals surface area (Å²) in [5.74, 6) is -1.10. The molecule has 3 heterocycles. The van der Waals surface area contributed by atoms with Crippen molar-refractivity contribution in [3.63, 3.8) is 0 Å². The lowest BCUT2D eigenvalue weighted by atomic mass is 10.2. The highest BCUT2D eigenvalue weighted by molar-refractivity contribution is 7.20. The van der Waals surface area contributed by atoms with Gasteiger partial charge in [0.2, 0.25) is 5.91 Å². The summed E-state index contributed by atoms with van der Waals surface area (Å²) in [6.45, 7) is 2.99. The van der Waals surface area contributed by atoms with Gasteiger partial charge in [0.25, 0.3) is 11.5 Å². The van der Waals surface area contributed by atoms with Gasteiger partial charge in [0, 0.05) is 13.1 Å². The van der Waals surface area contributed by atoms with Crippen LogP contribution < -0.4 is 10.9 Å². The van der Waals surface area contributed by atoms with Gasteiger partial charge in [-0.1, -0.05) is 11.6 Å². The molecule has 1 N–H and O–H groups in total. The molecule has 1 saturated heterocycles. The second kappa shape index (κ2) is 8.16. The fraction of sp³-hybridized carbons (Fsp3) is 0.300. The SMILES string of the molecule is Cc1c(C(=O)Nc2ccc(F)cc2Cl)sc2ncn(CC(=O)N3CCCC3)c(=O)c12. The minimum absolute atomic E-state index is 0.0722. The lowest BCUT2D eigenvalue weighted by molar-refractivity contribution is -0.130. The highest BCUT2D eigenvalue weighted by atomic mass is 35.5. The van der Waals surface area contributed by atoms with E-state index in [0.29, 0.717) is 33.7 Å². The Morgan fingerprint density at radius 3 is 2.73 bits per heavy atom. The van der Waals surface area contributed by atoms with Crippen molar-refractivity contribution < 1.29 is 14.0 Å². The molecule has 1 aliphatic heterocycles. The summed E-state index contributed by atoms with van der Waals surface area (Å²) < 4.78 is 14.5. The molecule has 30 heavy (non-hydrogen) atoms. The van der Waals surface area contributed by atoms with Crippen molar-refractivity contribution in [1.29, 1.82) is 0 Å². The molecule has 0 atom stereocenters. The minimum atomic E-state index is -0.510. The monoisotopic (exact) mass is 448 g/mol. The van der Waals surface area contributed by atoms with Crippen LogP contribution in [-0.4, -0.2) is 39.4 Å². The number of benzene rings is 1. The number of amides is 2. The molecule has 0 bridgehead atoms. The van der Waals surface area contributed by atoms with Crippen LogP contribution in [0.25, 0.3) is 10.2 Å².